The normalized spacial score (nSPS) is 13.0. The quantitative estimate of drug-likeness (QED) is 0.0193. The molecule has 0 aromatic heterocycles. The number of hydrogen-bond acceptors (Lipinski definition) is 14. The summed E-state index contributed by atoms with van der Waals surface area (Å²) in [4.78, 5) is 151. The number of aliphatic carboxylic acids is 2. The van der Waals surface area contributed by atoms with Crippen molar-refractivity contribution in [2.45, 2.75) is 107 Å². The van der Waals surface area contributed by atoms with E-state index < -0.39 is 137 Å². The Balaban J connectivity index is 0.962. The van der Waals surface area contributed by atoms with Gasteiger partial charge < -0.3 is 73.6 Å². The fourth-order valence-electron chi connectivity index (χ4n) is 11.5. The van der Waals surface area contributed by atoms with E-state index in [2.05, 4.69) is 58.5 Å². The number of nitrogens with one attached hydrogen (secondary N) is 11. The second-order valence-electron chi connectivity index (χ2n) is 25.5. The molecule has 0 saturated carbocycles. The first-order valence-electron chi connectivity index (χ1n) is 35.1. The number of urea groups is 2. The van der Waals surface area contributed by atoms with E-state index in [9.17, 15) is 75.9 Å². The minimum absolute atomic E-state index is 0.00399. The van der Waals surface area contributed by atoms with E-state index in [4.69, 9.17) is 0 Å². The van der Waals surface area contributed by atoms with Crippen LogP contribution < -0.4 is 58.5 Å². The summed E-state index contributed by atoms with van der Waals surface area (Å²) in [5, 5.41) is 49.1. The maximum atomic E-state index is 14.9. The van der Waals surface area contributed by atoms with Gasteiger partial charge in [-0.05, 0) is 77.8 Å². The number of carbonyl (C=O) groups is 11. The largest absolute Gasteiger partial charge is 0.480 e. The molecular weight excluding hydrogens is 1390 g/mol. The van der Waals surface area contributed by atoms with Crippen molar-refractivity contribution in [3.05, 3.63) is 251 Å². The van der Waals surface area contributed by atoms with Crippen molar-refractivity contribution in [2.75, 3.05) is 51.6 Å². The Bertz CT molecular complexity index is 4120. The summed E-state index contributed by atoms with van der Waals surface area (Å²) in [7, 11) is -4.33. The van der Waals surface area contributed by atoms with Crippen molar-refractivity contribution in [3.8, 4) is 0 Å². The van der Waals surface area contributed by atoms with Gasteiger partial charge in [0.2, 0.25) is 41.4 Å². The van der Waals surface area contributed by atoms with Gasteiger partial charge in [0, 0.05) is 58.0 Å². The molecule has 0 spiro atoms. The van der Waals surface area contributed by atoms with E-state index in [1.807, 2.05) is 4.90 Å². The predicted molar refractivity (Wildman–Crippen MR) is 399 cm³/mol. The predicted octanol–water partition coefficient (Wildman–Crippen LogP) is 3.21. The van der Waals surface area contributed by atoms with Crippen molar-refractivity contribution in [1.82, 2.24) is 63.4 Å². The average molecular weight is 1490 g/mol. The van der Waals surface area contributed by atoms with Crippen molar-refractivity contribution >= 4 is 75.5 Å². The number of benzene rings is 7. The van der Waals surface area contributed by atoms with Crippen LogP contribution >= 0.6 is 0 Å². The van der Waals surface area contributed by atoms with Crippen LogP contribution in [0.2, 0.25) is 0 Å². The SMILES string of the molecule is O=C(CNC(=O)C(Cc1ccccc1)NC(=O)NCCCN(CCCNC(=O)NC(Cc1ccccc1)C(=O)NC(Cc1ccccc1)C(=O)NC(Cc1ccccc1)C(=O)NC(Cc1ccccc1)C(=O)NC(Cc1ccccc1)C(=O)O)CCCS(=O)(=O)O)NCC(=O)NC(Cc1ccccc1)C(=O)O. The molecule has 0 saturated heterocycles. The molecule has 7 unspecified atom stereocenters. The number of carboxylic acid groups (broad SMARTS) is 2. The standard InChI is InChI=1S/C78H92N12O16S/c91-68(81-53-69(92)83-66(75(98)99)50-59-35-18-6-19-36-59)52-82-70(93)61(45-54-25-8-1-9-26-54)88-77(102)79-39-22-41-90(43-24-44-107(104,105)106)42-23-40-80-78(103)89-65(49-58-33-16-5-17-34-58)74(97)86-63(47-56-29-12-3-13-30-56)72(95)84-62(46-55-27-10-2-11-28-55)71(94)85-64(48-57-31-14-4-15-32-57)73(96)87-67(76(100)101)51-60-37-20-7-21-38-60/h1-21,25-38,61-67H,22-24,39-53H2,(H,81,91)(H,82,93)(H,83,92)(H,84,95)(H,85,94)(H,86,97)(H,87,96)(H,98,99)(H,100,101)(H2,79,88,102)(H2,80,89,103)(H,104,105,106). The zero-order valence-electron chi connectivity index (χ0n) is 59.0. The molecule has 29 heteroatoms. The molecule has 0 aliphatic rings. The Morgan fingerprint density at radius 1 is 0.299 bits per heavy atom. The topological polar surface area (TPSA) is 418 Å². The van der Waals surface area contributed by atoms with E-state index in [0.717, 1.165) is 0 Å². The smallest absolute Gasteiger partial charge is 0.326 e. The molecule has 0 radical (unpaired) electrons. The van der Waals surface area contributed by atoms with Gasteiger partial charge >= 0.3 is 24.0 Å². The summed E-state index contributed by atoms with van der Waals surface area (Å²) < 4.78 is 33.0. The van der Waals surface area contributed by atoms with Crippen LogP contribution in [0.15, 0.2) is 212 Å². The van der Waals surface area contributed by atoms with Crippen LogP contribution in [0.1, 0.15) is 58.2 Å². The number of nitrogens with zero attached hydrogens (tertiary/aromatic N) is 1. The highest BCUT2D eigenvalue weighted by Crippen LogP contribution is 2.14. The monoisotopic (exact) mass is 1480 g/mol. The lowest BCUT2D eigenvalue weighted by Gasteiger charge is -2.27. The number of rotatable bonds is 44. The highest BCUT2D eigenvalue weighted by molar-refractivity contribution is 7.85. The first-order valence-corrected chi connectivity index (χ1v) is 36.7. The fraction of sp³-hybridized carbons (Fsp3) is 0.321. The second-order valence-corrected chi connectivity index (χ2v) is 27.0. The van der Waals surface area contributed by atoms with Crippen molar-refractivity contribution in [3.63, 3.8) is 0 Å². The van der Waals surface area contributed by atoms with E-state index in [1.54, 1.807) is 212 Å². The van der Waals surface area contributed by atoms with Crippen LogP contribution in [0, 0.1) is 0 Å². The maximum Gasteiger partial charge on any atom is 0.326 e. The molecule has 566 valence electrons. The van der Waals surface area contributed by atoms with E-state index in [1.165, 1.54) is 0 Å². The molecule has 28 nitrogen and oxygen atoms in total. The van der Waals surface area contributed by atoms with Gasteiger partial charge in [-0.1, -0.05) is 212 Å². The zero-order chi connectivity index (χ0) is 76.8. The fourth-order valence-corrected chi connectivity index (χ4v) is 12.0. The van der Waals surface area contributed by atoms with Crippen LogP contribution in [-0.4, -0.2) is 187 Å². The molecule has 7 atom stereocenters. The summed E-state index contributed by atoms with van der Waals surface area (Å²) >= 11 is 0. The summed E-state index contributed by atoms with van der Waals surface area (Å²) in [6, 6.07) is 50.6. The van der Waals surface area contributed by atoms with Crippen molar-refractivity contribution in [1.29, 1.82) is 0 Å². The van der Waals surface area contributed by atoms with Gasteiger partial charge in [0.05, 0.1) is 18.8 Å². The van der Waals surface area contributed by atoms with Crippen LogP contribution in [0.3, 0.4) is 0 Å². The first kappa shape index (κ1) is 82.5. The molecule has 107 heavy (non-hydrogen) atoms. The van der Waals surface area contributed by atoms with Crippen LogP contribution in [0.4, 0.5) is 9.59 Å². The van der Waals surface area contributed by atoms with Gasteiger partial charge in [-0.15, -0.1) is 0 Å². The Labute approximate surface area is 621 Å². The molecule has 0 heterocycles. The number of amides is 11. The van der Waals surface area contributed by atoms with Gasteiger partial charge in [0.15, 0.2) is 0 Å². The summed E-state index contributed by atoms with van der Waals surface area (Å²) in [5.74, 6) is -8.49. The van der Waals surface area contributed by atoms with Gasteiger partial charge in [0.1, 0.15) is 42.3 Å². The van der Waals surface area contributed by atoms with E-state index in [-0.39, 0.29) is 90.5 Å². The summed E-state index contributed by atoms with van der Waals surface area (Å²) in [6.07, 6.45) is 0.348. The van der Waals surface area contributed by atoms with Gasteiger partial charge in [0.25, 0.3) is 10.1 Å². The van der Waals surface area contributed by atoms with Crippen LogP contribution in [0.5, 0.6) is 0 Å². The lowest BCUT2D eigenvalue weighted by atomic mass is 10.00. The molecule has 0 aliphatic heterocycles. The number of hydrogen-bond donors (Lipinski definition) is 14. The second kappa shape index (κ2) is 44.1. The third kappa shape index (κ3) is 31.6. The van der Waals surface area contributed by atoms with Gasteiger partial charge in [-0.3, -0.25) is 38.1 Å². The molecule has 7 aromatic carbocycles. The molecule has 0 aliphatic carbocycles. The number of carbonyl (C=O) groups excluding carboxylic acids is 9. The molecule has 0 bridgehead atoms. The van der Waals surface area contributed by atoms with Gasteiger partial charge in [-0.2, -0.15) is 8.42 Å². The summed E-state index contributed by atoms with van der Waals surface area (Å²) in [6.45, 7) is -0.324. The third-order valence-corrected chi connectivity index (χ3v) is 17.8. The zero-order valence-corrected chi connectivity index (χ0v) is 59.8. The molecule has 0 fully saturated rings. The maximum absolute atomic E-state index is 14.9. The number of carboxylic acids is 2. The van der Waals surface area contributed by atoms with Crippen LogP contribution in [-0.2, 0) is 98.2 Å². The van der Waals surface area contributed by atoms with E-state index >= 15 is 0 Å². The highest BCUT2D eigenvalue weighted by atomic mass is 32.2. The minimum Gasteiger partial charge on any atom is -0.480 e. The Kier molecular flexibility index (Phi) is 34.0. The van der Waals surface area contributed by atoms with Crippen LogP contribution in [0.25, 0.3) is 0 Å². The van der Waals surface area contributed by atoms with Crippen molar-refractivity contribution in [2.24, 2.45) is 0 Å². The molecule has 14 N–H and O–H groups in total. The van der Waals surface area contributed by atoms with E-state index in [0.29, 0.717) is 45.4 Å². The minimum atomic E-state index is -4.33. The Morgan fingerprint density at radius 3 is 0.850 bits per heavy atom. The molecule has 11 amide bonds. The Hall–Kier alpha value is -11.8. The third-order valence-electron chi connectivity index (χ3n) is 17.0. The average Bonchev–Trinajstić information content (AvgIpc) is 0.841. The van der Waals surface area contributed by atoms with Crippen molar-refractivity contribution < 1.29 is 75.9 Å². The highest BCUT2D eigenvalue weighted by Gasteiger charge is 2.34. The lowest BCUT2D eigenvalue weighted by molar-refractivity contribution is -0.142. The Morgan fingerprint density at radius 2 is 0.551 bits per heavy atom. The summed E-state index contributed by atoms with van der Waals surface area (Å²) in [5.41, 5.74) is 4.56. The molecule has 7 aromatic rings. The van der Waals surface area contributed by atoms with Gasteiger partial charge in [-0.25, -0.2) is 19.2 Å². The lowest BCUT2D eigenvalue weighted by Crippen LogP contribution is -2.60. The molecular formula is C78H92N12O16S. The molecule has 7 rings (SSSR count). The first-order chi connectivity index (χ1) is 51.5.